The molecule has 0 radical (unpaired) electrons. The highest BCUT2D eigenvalue weighted by molar-refractivity contribution is 5.98. The lowest BCUT2D eigenvalue weighted by atomic mass is 9.92. The third-order valence-corrected chi connectivity index (χ3v) is 9.28. The zero-order valence-electron chi connectivity index (χ0n) is 26.5. The van der Waals surface area contributed by atoms with Gasteiger partial charge in [0.1, 0.15) is 30.0 Å². The van der Waals surface area contributed by atoms with Gasteiger partial charge in [0.05, 0.1) is 5.52 Å². The smallest absolute Gasteiger partial charge is 0.247 e. The maximum Gasteiger partial charge on any atom is 0.247 e. The Morgan fingerprint density at radius 1 is 0.977 bits per heavy atom. The van der Waals surface area contributed by atoms with E-state index >= 15 is 0 Å². The summed E-state index contributed by atoms with van der Waals surface area (Å²) in [5.74, 6) is -1.58. The summed E-state index contributed by atoms with van der Waals surface area (Å²) in [6, 6.07) is 4.00. The van der Waals surface area contributed by atoms with E-state index < -0.39 is 36.0 Å². The molecule has 2 aliphatic rings. The summed E-state index contributed by atoms with van der Waals surface area (Å²) < 4.78 is 0. The number of nitrogens with zero attached hydrogens (tertiary/aromatic N) is 2. The van der Waals surface area contributed by atoms with Gasteiger partial charge in [-0.1, -0.05) is 58.2 Å². The van der Waals surface area contributed by atoms with Crippen molar-refractivity contribution in [3.8, 4) is 0 Å². The number of pyridine rings is 1. The minimum Gasteiger partial charge on any atom is -0.343 e. The van der Waals surface area contributed by atoms with Crippen LogP contribution >= 0.6 is 0 Å². The number of aromatic nitrogens is 1. The number of carbonyl (C=O) groups is 5. The molecule has 2 saturated heterocycles. The monoisotopic (exact) mass is 605 g/mol. The number of aryl methyl sites for hydroxylation is 1. The van der Waals surface area contributed by atoms with Crippen LogP contribution in [-0.2, 0) is 24.0 Å². The lowest BCUT2D eigenvalue weighted by Crippen LogP contribution is -2.62. The van der Waals surface area contributed by atoms with Crippen LogP contribution in [-0.4, -0.2) is 64.0 Å². The van der Waals surface area contributed by atoms with E-state index in [1.54, 1.807) is 11.1 Å². The average molecular weight is 606 g/mol. The maximum absolute atomic E-state index is 14.1. The Labute approximate surface area is 260 Å². The van der Waals surface area contributed by atoms with Gasteiger partial charge in [0.25, 0.3) is 0 Å². The first-order valence-corrected chi connectivity index (χ1v) is 16.2. The Morgan fingerprint density at radius 3 is 2.50 bits per heavy atom. The molecule has 5 atom stereocenters. The molecule has 1 aromatic carbocycles. The SMILES string of the molecule is CCC(=O)CCCCC[C@@H]1NC(=O)[C@H]2CCCCN2C(=O)[C@H](C(C)CC)NC(=O)C(c2cnc3ccccc3c2C)NC1=O. The summed E-state index contributed by atoms with van der Waals surface area (Å²) >= 11 is 0. The molecule has 3 N–H and O–H groups in total. The molecule has 2 aromatic rings. The van der Waals surface area contributed by atoms with E-state index in [4.69, 9.17) is 0 Å². The summed E-state index contributed by atoms with van der Waals surface area (Å²) in [5.41, 5.74) is 2.09. The Balaban J connectivity index is 1.71. The number of nitrogens with one attached hydrogen (secondary N) is 3. The molecule has 2 unspecified atom stereocenters. The molecule has 0 saturated carbocycles. The summed E-state index contributed by atoms with van der Waals surface area (Å²) in [5, 5.41) is 9.71. The summed E-state index contributed by atoms with van der Waals surface area (Å²) in [4.78, 5) is 73.7. The fraction of sp³-hybridized carbons (Fsp3) is 0.588. The van der Waals surface area contributed by atoms with Crippen LogP contribution in [0.3, 0.4) is 0 Å². The van der Waals surface area contributed by atoms with Gasteiger partial charge in [0.15, 0.2) is 0 Å². The highest BCUT2D eigenvalue weighted by atomic mass is 16.2. The van der Waals surface area contributed by atoms with Crippen LogP contribution in [0.15, 0.2) is 30.5 Å². The van der Waals surface area contributed by atoms with Gasteiger partial charge in [0, 0.05) is 36.5 Å². The molecule has 10 heteroatoms. The van der Waals surface area contributed by atoms with Crippen molar-refractivity contribution >= 4 is 40.3 Å². The Kier molecular flexibility index (Phi) is 11.5. The number of hydrogen-bond donors (Lipinski definition) is 3. The molecule has 4 amide bonds. The van der Waals surface area contributed by atoms with Gasteiger partial charge in [-0.2, -0.15) is 0 Å². The number of para-hydroxylation sites is 1. The predicted molar refractivity (Wildman–Crippen MR) is 168 cm³/mol. The normalized spacial score (nSPS) is 24.0. The number of unbranched alkanes of at least 4 members (excludes halogenated alkanes) is 2. The Bertz CT molecular complexity index is 1380. The van der Waals surface area contributed by atoms with Gasteiger partial charge in [-0.05, 0) is 56.6 Å². The van der Waals surface area contributed by atoms with E-state index in [0.29, 0.717) is 57.1 Å². The second-order valence-electron chi connectivity index (χ2n) is 12.3. The standard InChI is InChI=1S/C34H47N5O5/c1-5-21(3)29-34(44)39-19-13-12-18-28(39)32(42)36-27(17-9-7-8-14-23(40)6-2)31(41)38-30(33(43)37-29)25-20-35-26-16-11-10-15-24(26)22(25)4/h10-11,15-16,20-21,27-30H,5-9,12-14,17-19H2,1-4H3,(H,36,42)(H,37,43)(H,38,41)/t21?,27-,28+,29-,30?/m0/s1. The van der Waals surface area contributed by atoms with Crippen LogP contribution < -0.4 is 16.0 Å². The largest absolute Gasteiger partial charge is 0.343 e. The van der Waals surface area contributed by atoms with E-state index in [2.05, 4.69) is 20.9 Å². The van der Waals surface area contributed by atoms with Crippen molar-refractivity contribution in [3.63, 3.8) is 0 Å². The van der Waals surface area contributed by atoms with Gasteiger partial charge in [-0.15, -0.1) is 0 Å². The molecule has 0 aliphatic carbocycles. The van der Waals surface area contributed by atoms with E-state index in [1.165, 1.54) is 0 Å². The van der Waals surface area contributed by atoms with Crippen molar-refractivity contribution in [3.05, 3.63) is 41.6 Å². The quantitative estimate of drug-likeness (QED) is 0.350. The first kappa shape index (κ1) is 33.1. The lowest BCUT2D eigenvalue weighted by molar-refractivity contribution is -0.147. The topological polar surface area (TPSA) is 138 Å². The fourth-order valence-electron chi connectivity index (χ4n) is 6.24. The van der Waals surface area contributed by atoms with E-state index in [0.717, 1.165) is 35.7 Å². The van der Waals surface area contributed by atoms with E-state index in [-0.39, 0.29) is 23.5 Å². The molecular formula is C34H47N5O5. The van der Waals surface area contributed by atoms with Crippen molar-refractivity contribution in [2.24, 2.45) is 5.92 Å². The van der Waals surface area contributed by atoms with Gasteiger partial charge in [-0.3, -0.25) is 29.0 Å². The van der Waals surface area contributed by atoms with Crippen molar-refractivity contribution in [1.82, 2.24) is 25.8 Å². The molecule has 10 nitrogen and oxygen atoms in total. The van der Waals surface area contributed by atoms with Gasteiger partial charge >= 0.3 is 0 Å². The third kappa shape index (κ3) is 7.63. The van der Waals surface area contributed by atoms with Gasteiger partial charge < -0.3 is 20.9 Å². The van der Waals surface area contributed by atoms with Crippen molar-refractivity contribution < 1.29 is 24.0 Å². The summed E-state index contributed by atoms with van der Waals surface area (Å²) in [6.07, 6.45) is 7.70. The molecule has 2 fully saturated rings. The second kappa shape index (κ2) is 15.3. The molecule has 2 aliphatic heterocycles. The molecule has 4 rings (SSSR count). The molecular weight excluding hydrogens is 558 g/mol. The minimum atomic E-state index is -1.13. The highest BCUT2D eigenvalue weighted by Crippen LogP contribution is 2.27. The molecule has 1 aromatic heterocycles. The lowest BCUT2D eigenvalue weighted by Gasteiger charge is -2.39. The highest BCUT2D eigenvalue weighted by Gasteiger charge is 2.41. The van der Waals surface area contributed by atoms with Crippen LogP contribution in [0, 0.1) is 12.8 Å². The number of Topliss-reactive ketones (excluding diaryl/α,β-unsaturated/α-hetero) is 1. The molecule has 0 bridgehead atoms. The van der Waals surface area contributed by atoms with Gasteiger partial charge in [-0.25, -0.2) is 0 Å². The van der Waals surface area contributed by atoms with Crippen LogP contribution in [0.5, 0.6) is 0 Å². The minimum absolute atomic E-state index is 0.195. The third-order valence-electron chi connectivity index (χ3n) is 9.28. The number of benzene rings is 1. The van der Waals surface area contributed by atoms with Crippen molar-refractivity contribution in [2.45, 2.75) is 116 Å². The fourth-order valence-corrected chi connectivity index (χ4v) is 6.24. The average Bonchev–Trinajstić information content (AvgIpc) is 3.04. The molecule has 238 valence electrons. The molecule has 3 heterocycles. The number of carbonyl (C=O) groups excluding carboxylic acids is 5. The number of amides is 4. The zero-order valence-corrected chi connectivity index (χ0v) is 26.5. The first-order valence-electron chi connectivity index (χ1n) is 16.2. The molecule has 0 spiro atoms. The summed E-state index contributed by atoms with van der Waals surface area (Å²) in [7, 11) is 0. The maximum atomic E-state index is 14.1. The van der Waals surface area contributed by atoms with E-state index in [9.17, 15) is 24.0 Å². The first-order chi connectivity index (χ1) is 21.2. The number of ketones is 1. The Hall–Kier alpha value is -3.82. The Morgan fingerprint density at radius 2 is 1.75 bits per heavy atom. The van der Waals surface area contributed by atoms with Crippen LogP contribution in [0.4, 0.5) is 0 Å². The van der Waals surface area contributed by atoms with Gasteiger partial charge in [0.2, 0.25) is 23.6 Å². The van der Waals surface area contributed by atoms with Crippen LogP contribution in [0.2, 0.25) is 0 Å². The number of piperidine rings is 1. The number of fused-ring (bicyclic) bond motifs is 2. The van der Waals surface area contributed by atoms with E-state index in [1.807, 2.05) is 52.0 Å². The second-order valence-corrected chi connectivity index (χ2v) is 12.3. The predicted octanol–water partition coefficient (Wildman–Crippen LogP) is 4.04. The van der Waals surface area contributed by atoms with Crippen LogP contribution in [0.1, 0.15) is 102 Å². The van der Waals surface area contributed by atoms with Crippen molar-refractivity contribution in [1.29, 1.82) is 0 Å². The van der Waals surface area contributed by atoms with Crippen molar-refractivity contribution in [2.75, 3.05) is 6.54 Å². The van der Waals surface area contributed by atoms with Crippen LogP contribution in [0.25, 0.3) is 10.9 Å². The zero-order chi connectivity index (χ0) is 31.8. The number of rotatable bonds is 10. The number of hydrogen-bond acceptors (Lipinski definition) is 6. The molecule has 44 heavy (non-hydrogen) atoms. The summed E-state index contributed by atoms with van der Waals surface area (Å²) in [6.45, 7) is 8.02.